The maximum atomic E-state index is 11.8. The highest BCUT2D eigenvalue weighted by Crippen LogP contribution is 2.14. The fourth-order valence-corrected chi connectivity index (χ4v) is 2.31. The second-order valence-corrected chi connectivity index (χ2v) is 5.11. The van der Waals surface area contributed by atoms with Gasteiger partial charge in [-0.15, -0.1) is 0 Å². The Hall–Kier alpha value is -2.05. The van der Waals surface area contributed by atoms with Gasteiger partial charge in [-0.2, -0.15) is 5.10 Å². The summed E-state index contributed by atoms with van der Waals surface area (Å²) in [6, 6.07) is 0. The van der Waals surface area contributed by atoms with E-state index in [0.717, 1.165) is 31.6 Å². The van der Waals surface area contributed by atoms with Crippen molar-refractivity contribution in [2.24, 2.45) is 0 Å². The van der Waals surface area contributed by atoms with Gasteiger partial charge in [0, 0.05) is 13.1 Å². The second-order valence-electron chi connectivity index (χ2n) is 5.11. The summed E-state index contributed by atoms with van der Waals surface area (Å²) in [7, 11) is 0. The van der Waals surface area contributed by atoms with Crippen LogP contribution >= 0.6 is 0 Å². The van der Waals surface area contributed by atoms with Crippen molar-refractivity contribution in [2.45, 2.75) is 33.2 Å². The van der Waals surface area contributed by atoms with Crippen LogP contribution in [0, 0.1) is 13.8 Å². The number of anilines is 1. The molecule has 0 aliphatic carbocycles. The molecule has 2 rings (SSSR count). The molecular weight excluding hydrogens is 258 g/mol. The summed E-state index contributed by atoms with van der Waals surface area (Å²) >= 11 is 0. The summed E-state index contributed by atoms with van der Waals surface area (Å²) in [5, 5.41) is 6.82. The number of carbonyl (C=O) groups excluding carboxylic acids is 2. The summed E-state index contributed by atoms with van der Waals surface area (Å²) in [4.78, 5) is 25.4. The Bertz CT molecular complexity index is 517. The second kappa shape index (κ2) is 5.94. The summed E-state index contributed by atoms with van der Waals surface area (Å²) in [6.45, 7) is 5.34. The number of nitrogens with one attached hydrogen (secondary N) is 1. The summed E-state index contributed by atoms with van der Waals surface area (Å²) in [6.07, 6.45) is 2.09. The van der Waals surface area contributed by atoms with E-state index in [1.165, 1.54) is 0 Å². The van der Waals surface area contributed by atoms with Gasteiger partial charge in [-0.05, 0) is 26.7 Å². The first kappa shape index (κ1) is 14.4. The van der Waals surface area contributed by atoms with Gasteiger partial charge in [0.05, 0.1) is 23.6 Å². The number of rotatable bonds is 4. The van der Waals surface area contributed by atoms with Crippen molar-refractivity contribution in [3.63, 3.8) is 0 Å². The number of likely N-dealkylation sites (tertiary alicyclic amines) is 1. The Labute approximate surface area is 118 Å². The van der Waals surface area contributed by atoms with E-state index in [-0.39, 0.29) is 24.9 Å². The van der Waals surface area contributed by atoms with Gasteiger partial charge in [0.15, 0.2) is 0 Å². The van der Waals surface area contributed by atoms with E-state index in [2.05, 4.69) is 10.4 Å². The normalized spacial score (nSPS) is 14.6. The van der Waals surface area contributed by atoms with Gasteiger partial charge >= 0.3 is 0 Å². The van der Waals surface area contributed by atoms with E-state index in [1.54, 1.807) is 16.5 Å². The van der Waals surface area contributed by atoms with Crippen molar-refractivity contribution in [1.82, 2.24) is 20.0 Å². The monoisotopic (exact) mass is 279 g/mol. The van der Waals surface area contributed by atoms with Gasteiger partial charge in [0.1, 0.15) is 6.54 Å². The van der Waals surface area contributed by atoms with E-state index in [0.29, 0.717) is 11.4 Å². The quantitative estimate of drug-likeness (QED) is 0.799. The largest absolute Gasteiger partial charge is 0.396 e. The molecule has 2 heterocycles. The molecule has 110 valence electrons. The summed E-state index contributed by atoms with van der Waals surface area (Å²) in [5.74, 6) is -0.258. The highest BCUT2D eigenvalue weighted by Gasteiger charge is 2.18. The smallest absolute Gasteiger partial charge is 0.242 e. The molecule has 1 saturated heterocycles. The van der Waals surface area contributed by atoms with Crippen LogP contribution in [0.2, 0.25) is 0 Å². The molecule has 1 aromatic rings. The number of hydrogen-bond acceptors (Lipinski definition) is 4. The third kappa shape index (κ3) is 3.09. The van der Waals surface area contributed by atoms with Gasteiger partial charge < -0.3 is 16.0 Å². The van der Waals surface area contributed by atoms with Crippen LogP contribution in [0.25, 0.3) is 0 Å². The van der Waals surface area contributed by atoms with Gasteiger partial charge in [-0.1, -0.05) is 0 Å². The van der Waals surface area contributed by atoms with Crippen LogP contribution in [0.3, 0.4) is 0 Å². The van der Waals surface area contributed by atoms with Crippen molar-refractivity contribution in [3.05, 3.63) is 11.4 Å². The first-order chi connectivity index (χ1) is 9.49. The Kier molecular flexibility index (Phi) is 4.26. The summed E-state index contributed by atoms with van der Waals surface area (Å²) in [5.41, 5.74) is 7.89. The van der Waals surface area contributed by atoms with Gasteiger partial charge in [-0.3, -0.25) is 14.3 Å². The van der Waals surface area contributed by atoms with E-state index < -0.39 is 0 Å². The van der Waals surface area contributed by atoms with E-state index in [4.69, 9.17) is 5.73 Å². The third-order valence-corrected chi connectivity index (χ3v) is 3.63. The molecule has 0 saturated carbocycles. The molecule has 1 fully saturated rings. The molecule has 1 aromatic heterocycles. The van der Waals surface area contributed by atoms with E-state index >= 15 is 0 Å². The van der Waals surface area contributed by atoms with Crippen LogP contribution in [0.15, 0.2) is 0 Å². The first-order valence-corrected chi connectivity index (χ1v) is 6.83. The number of carbonyl (C=O) groups is 2. The number of nitrogens with two attached hydrogens (primary N) is 1. The zero-order valence-electron chi connectivity index (χ0n) is 12.0. The molecule has 0 spiro atoms. The molecule has 0 bridgehead atoms. The Morgan fingerprint density at radius 2 is 1.95 bits per heavy atom. The Morgan fingerprint density at radius 1 is 1.30 bits per heavy atom. The number of amides is 2. The average molecular weight is 279 g/mol. The van der Waals surface area contributed by atoms with Crippen LogP contribution in [0.4, 0.5) is 5.69 Å². The molecule has 0 radical (unpaired) electrons. The van der Waals surface area contributed by atoms with Crippen LogP contribution in [0.1, 0.15) is 24.2 Å². The number of aryl methyl sites for hydroxylation is 1. The minimum Gasteiger partial charge on any atom is -0.396 e. The Morgan fingerprint density at radius 3 is 2.50 bits per heavy atom. The molecule has 1 aliphatic heterocycles. The molecule has 0 aromatic carbocycles. The van der Waals surface area contributed by atoms with Crippen LogP contribution in [-0.2, 0) is 16.1 Å². The molecule has 7 heteroatoms. The molecule has 0 atom stereocenters. The van der Waals surface area contributed by atoms with E-state index in [1.807, 2.05) is 6.92 Å². The SMILES string of the molecule is Cc1nn(CC(=O)NCC(=O)N2CCCC2)c(C)c1N. The zero-order valence-corrected chi connectivity index (χ0v) is 12.0. The first-order valence-electron chi connectivity index (χ1n) is 6.83. The summed E-state index contributed by atoms with van der Waals surface area (Å²) < 4.78 is 1.56. The molecule has 1 aliphatic rings. The molecule has 3 N–H and O–H groups in total. The molecule has 7 nitrogen and oxygen atoms in total. The van der Waals surface area contributed by atoms with Crippen molar-refractivity contribution in [1.29, 1.82) is 0 Å². The predicted octanol–water partition coefficient (Wildman–Crippen LogP) is -0.179. The topological polar surface area (TPSA) is 93.2 Å². The van der Waals surface area contributed by atoms with Crippen LogP contribution in [-0.4, -0.2) is 46.1 Å². The fourth-order valence-electron chi connectivity index (χ4n) is 2.31. The molecule has 20 heavy (non-hydrogen) atoms. The highest BCUT2D eigenvalue weighted by atomic mass is 16.2. The van der Waals surface area contributed by atoms with Crippen molar-refractivity contribution in [2.75, 3.05) is 25.4 Å². The number of aromatic nitrogens is 2. The van der Waals surface area contributed by atoms with E-state index in [9.17, 15) is 9.59 Å². The molecule has 2 amide bonds. The van der Waals surface area contributed by atoms with Crippen molar-refractivity contribution >= 4 is 17.5 Å². The number of hydrogen-bond donors (Lipinski definition) is 2. The minimum atomic E-state index is -0.233. The van der Waals surface area contributed by atoms with Crippen LogP contribution in [0.5, 0.6) is 0 Å². The van der Waals surface area contributed by atoms with Gasteiger partial charge in [0.2, 0.25) is 11.8 Å². The maximum absolute atomic E-state index is 11.8. The highest BCUT2D eigenvalue weighted by molar-refractivity contribution is 5.84. The molecular formula is C13H21N5O2. The lowest BCUT2D eigenvalue weighted by atomic mass is 10.3. The zero-order chi connectivity index (χ0) is 14.7. The lowest BCUT2D eigenvalue weighted by Gasteiger charge is -2.15. The average Bonchev–Trinajstić information content (AvgIpc) is 3.02. The standard InChI is InChI=1S/C13H21N5O2/c1-9-13(14)10(2)18(16-9)8-11(19)15-7-12(20)17-5-3-4-6-17/h3-8,14H2,1-2H3,(H,15,19). The van der Waals surface area contributed by atoms with Crippen molar-refractivity contribution in [3.8, 4) is 0 Å². The Balaban J connectivity index is 1.83. The number of nitrogen functional groups attached to an aromatic ring is 1. The number of nitrogens with zero attached hydrogens (tertiary/aromatic N) is 3. The van der Waals surface area contributed by atoms with Gasteiger partial charge in [-0.25, -0.2) is 0 Å². The minimum absolute atomic E-state index is 0.0243. The third-order valence-electron chi connectivity index (χ3n) is 3.63. The lowest BCUT2D eigenvalue weighted by Crippen LogP contribution is -2.39. The maximum Gasteiger partial charge on any atom is 0.242 e. The fraction of sp³-hybridized carbons (Fsp3) is 0.615. The molecule has 0 unspecified atom stereocenters. The van der Waals surface area contributed by atoms with Gasteiger partial charge in [0.25, 0.3) is 0 Å². The predicted molar refractivity (Wildman–Crippen MR) is 74.9 cm³/mol. The van der Waals surface area contributed by atoms with Crippen molar-refractivity contribution < 1.29 is 9.59 Å². The lowest BCUT2D eigenvalue weighted by molar-refractivity contribution is -0.132. The van der Waals surface area contributed by atoms with Crippen LogP contribution < -0.4 is 11.1 Å².